The Hall–Kier alpha value is -1.97. The lowest BCUT2D eigenvalue weighted by Gasteiger charge is -2.29. The van der Waals surface area contributed by atoms with Gasteiger partial charge in [0.05, 0.1) is 11.1 Å². The Balaban J connectivity index is 1.93. The Morgan fingerprint density at radius 1 is 1.05 bits per heavy atom. The number of hydrogen-bond acceptors (Lipinski definition) is 3. The van der Waals surface area contributed by atoms with Crippen molar-refractivity contribution in [2.24, 2.45) is 5.92 Å². The predicted molar refractivity (Wildman–Crippen MR) is 83.0 cm³/mol. The summed E-state index contributed by atoms with van der Waals surface area (Å²) in [5.74, 6) is -0.556. The molecule has 22 heavy (non-hydrogen) atoms. The highest BCUT2D eigenvalue weighted by Gasteiger charge is 2.40. The van der Waals surface area contributed by atoms with Crippen LogP contribution in [-0.2, 0) is 0 Å². The third-order valence-electron chi connectivity index (χ3n) is 4.67. The van der Waals surface area contributed by atoms with Crippen molar-refractivity contribution in [3.05, 3.63) is 34.9 Å². The zero-order chi connectivity index (χ0) is 15.9. The van der Waals surface area contributed by atoms with Gasteiger partial charge >= 0.3 is 0 Å². The summed E-state index contributed by atoms with van der Waals surface area (Å²) in [5, 5.41) is 0. The standard InChI is InChI=1S/C18H21NO3/c1-11(2)16(20)12-8-9-14-15(10-12)18(22)19(17(14)21)13-6-4-3-5-7-13/h8-11,13H,3-7H2,1-2H3. The molecule has 1 heterocycles. The number of hydrogen-bond donors (Lipinski definition) is 0. The first-order valence-electron chi connectivity index (χ1n) is 8.07. The van der Waals surface area contributed by atoms with Gasteiger partial charge < -0.3 is 0 Å². The highest BCUT2D eigenvalue weighted by atomic mass is 16.2. The number of amides is 2. The van der Waals surface area contributed by atoms with Crippen molar-refractivity contribution in [1.29, 1.82) is 0 Å². The van der Waals surface area contributed by atoms with E-state index in [0.717, 1.165) is 25.7 Å². The summed E-state index contributed by atoms with van der Waals surface area (Å²) in [4.78, 5) is 38.7. The summed E-state index contributed by atoms with van der Waals surface area (Å²) in [6.45, 7) is 3.66. The lowest BCUT2D eigenvalue weighted by Crippen LogP contribution is -2.40. The lowest BCUT2D eigenvalue weighted by atomic mass is 9.94. The maximum atomic E-state index is 12.6. The Morgan fingerprint density at radius 2 is 1.68 bits per heavy atom. The number of imide groups is 1. The molecule has 0 radical (unpaired) electrons. The van der Waals surface area contributed by atoms with Crippen molar-refractivity contribution in [3.63, 3.8) is 0 Å². The Kier molecular flexibility index (Phi) is 3.85. The molecule has 0 N–H and O–H groups in total. The minimum absolute atomic E-state index is 0.000773. The van der Waals surface area contributed by atoms with Crippen LogP contribution in [0.2, 0.25) is 0 Å². The van der Waals surface area contributed by atoms with Crippen LogP contribution in [0, 0.1) is 5.92 Å². The van der Waals surface area contributed by atoms with E-state index in [1.54, 1.807) is 18.2 Å². The van der Waals surface area contributed by atoms with Crippen LogP contribution in [0.1, 0.15) is 77.0 Å². The lowest BCUT2D eigenvalue weighted by molar-refractivity contribution is 0.0549. The molecular weight excluding hydrogens is 278 g/mol. The number of nitrogens with zero attached hydrogens (tertiary/aromatic N) is 1. The monoisotopic (exact) mass is 299 g/mol. The third-order valence-corrected chi connectivity index (χ3v) is 4.67. The van der Waals surface area contributed by atoms with Crippen molar-refractivity contribution < 1.29 is 14.4 Å². The summed E-state index contributed by atoms with van der Waals surface area (Å²) in [6, 6.07) is 4.91. The second-order valence-corrected chi connectivity index (χ2v) is 6.55. The van der Waals surface area contributed by atoms with Crippen molar-refractivity contribution in [2.75, 3.05) is 0 Å². The minimum Gasteiger partial charge on any atom is -0.294 e. The number of ketones is 1. The molecule has 3 rings (SSSR count). The number of rotatable bonds is 3. The fourth-order valence-electron chi connectivity index (χ4n) is 3.42. The second-order valence-electron chi connectivity index (χ2n) is 6.55. The fraction of sp³-hybridized carbons (Fsp3) is 0.500. The zero-order valence-corrected chi connectivity index (χ0v) is 13.1. The highest BCUT2D eigenvalue weighted by molar-refractivity contribution is 6.22. The average molecular weight is 299 g/mol. The molecule has 1 fully saturated rings. The van der Waals surface area contributed by atoms with E-state index in [0.29, 0.717) is 16.7 Å². The van der Waals surface area contributed by atoms with Crippen molar-refractivity contribution in [2.45, 2.75) is 52.0 Å². The molecule has 4 nitrogen and oxygen atoms in total. The normalized spacial score (nSPS) is 19.0. The van der Waals surface area contributed by atoms with Crippen LogP contribution in [0.3, 0.4) is 0 Å². The Bertz CT molecular complexity index is 642. The van der Waals surface area contributed by atoms with Crippen molar-refractivity contribution >= 4 is 17.6 Å². The molecule has 0 aromatic heterocycles. The number of carbonyl (C=O) groups excluding carboxylic acids is 3. The van der Waals surface area contributed by atoms with Crippen LogP contribution in [0.4, 0.5) is 0 Å². The van der Waals surface area contributed by atoms with Gasteiger partial charge in [-0.2, -0.15) is 0 Å². The van der Waals surface area contributed by atoms with E-state index < -0.39 is 0 Å². The van der Waals surface area contributed by atoms with Crippen LogP contribution < -0.4 is 0 Å². The summed E-state index contributed by atoms with van der Waals surface area (Å²) < 4.78 is 0. The summed E-state index contributed by atoms with van der Waals surface area (Å²) in [7, 11) is 0. The van der Waals surface area contributed by atoms with Crippen molar-refractivity contribution in [1.82, 2.24) is 4.90 Å². The van der Waals surface area contributed by atoms with E-state index in [1.807, 2.05) is 13.8 Å². The molecule has 1 saturated carbocycles. The molecule has 116 valence electrons. The fourth-order valence-corrected chi connectivity index (χ4v) is 3.42. The third kappa shape index (κ3) is 2.36. The summed E-state index contributed by atoms with van der Waals surface area (Å²) in [6.07, 6.45) is 5.09. The second kappa shape index (κ2) is 5.67. The van der Waals surface area contributed by atoms with Crippen LogP contribution >= 0.6 is 0 Å². The van der Waals surface area contributed by atoms with E-state index in [9.17, 15) is 14.4 Å². The van der Waals surface area contributed by atoms with Gasteiger partial charge in [0, 0.05) is 17.5 Å². The maximum absolute atomic E-state index is 12.6. The number of benzene rings is 1. The van der Waals surface area contributed by atoms with E-state index in [1.165, 1.54) is 11.3 Å². The molecule has 0 bridgehead atoms. The van der Waals surface area contributed by atoms with Gasteiger partial charge in [-0.05, 0) is 25.0 Å². The van der Waals surface area contributed by atoms with E-state index in [4.69, 9.17) is 0 Å². The molecule has 1 aromatic rings. The molecule has 0 unspecified atom stereocenters. The van der Waals surface area contributed by atoms with Crippen LogP contribution in [0.5, 0.6) is 0 Å². The van der Waals surface area contributed by atoms with Gasteiger partial charge in [-0.3, -0.25) is 19.3 Å². The smallest absolute Gasteiger partial charge is 0.261 e. The van der Waals surface area contributed by atoms with Gasteiger partial charge in [0.2, 0.25) is 0 Å². The van der Waals surface area contributed by atoms with E-state index in [-0.39, 0.29) is 29.6 Å². The van der Waals surface area contributed by atoms with Crippen molar-refractivity contribution in [3.8, 4) is 0 Å². The Labute approximate surface area is 130 Å². The molecule has 1 aromatic carbocycles. The molecule has 4 heteroatoms. The molecular formula is C18H21NO3. The van der Waals surface area contributed by atoms with Gasteiger partial charge in [0.1, 0.15) is 0 Å². The van der Waals surface area contributed by atoms with Gasteiger partial charge in [-0.1, -0.05) is 39.2 Å². The SMILES string of the molecule is CC(C)C(=O)c1ccc2c(c1)C(=O)N(C1CCCCC1)C2=O. The van der Waals surface area contributed by atoms with Gasteiger partial charge in [-0.15, -0.1) is 0 Å². The molecule has 0 atom stereocenters. The van der Waals surface area contributed by atoms with Crippen LogP contribution in [-0.4, -0.2) is 28.5 Å². The minimum atomic E-state index is -0.231. The average Bonchev–Trinajstić information content (AvgIpc) is 2.78. The topological polar surface area (TPSA) is 54.5 Å². The highest BCUT2D eigenvalue weighted by Crippen LogP contribution is 2.31. The number of carbonyl (C=O) groups is 3. The number of Topliss-reactive ketones (excluding diaryl/α,β-unsaturated/α-hetero) is 1. The van der Waals surface area contributed by atoms with Crippen LogP contribution in [0.15, 0.2) is 18.2 Å². The molecule has 0 spiro atoms. The summed E-state index contributed by atoms with van der Waals surface area (Å²) >= 11 is 0. The Morgan fingerprint density at radius 3 is 2.32 bits per heavy atom. The molecule has 2 aliphatic rings. The largest absolute Gasteiger partial charge is 0.294 e. The predicted octanol–water partition coefficient (Wildman–Crippen LogP) is 3.45. The number of fused-ring (bicyclic) bond motifs is 1. The first-order chi connectivity index (χ1) is 10.5. The van der Waals surface area contributed by atoms with Gasteiger partial charge in [-0.25, -0.2) is 0 Å². The summed E-state index contributed by atoms with van der Waals surface area (Å²) in [5.41, 5.74) is 1.35. The molecule has 1 aliphatic heterocycles. The quantitative estimate of drug-likeness (QED) is 0.634. The molecule has 1 aliphatic carbocycles. The first-order valence-corrected chi connectivity index (χ1v) is 8.07. The van der Waals surface area contributed by atoms with E-state index >= 15 is 0 Å². The first kappa shape index (κ1) is 14.9. The van der Waals surface area contributed by atoms with Gasteiger partial charge in [0.15, 0.2) is 5.78 Å². The van der Waals surface area contributed by atoms with Crippen LogP contribution in [0.25, 0.3) is 0 Å². The molecule has 2 amide bonds. The van der Waals surface area contributed by atoms with E-state index in [2.05, 4.69) is 0 Å². The zero-order valence-electron chi connectivity index (χ0n) is 13.1. The molecule has 0 saturated heterocycles. The maximum Gasteiger partial charge on any atom is 0.261 e. The van der Waals surface area contributed by atoms with Gasteiger partial charge in [0.25, 0.3) is 11.8 Å².